The number of hydrogen-bond acceptors (Lipinski definition) is 2. The number of halogens is 1. The Morgan fingerprint density at radius 2 is 1.89 bits per heavy atom. The highest BCUT2D eigenvalue weighted by Crippen LogP contribution is 2.17. The summed E-state index contributed by atoms with van der Waals surface area (Å²) in [6.07, 6.45) is 3.48. The first-order valence-electron chi connectivity index (χ1n) is 6.85. The largest absolute Gasteiger partial charge is 0.372 e. The van der Waals surface area contributed by atoms with Crippen molar-refractivity contribution >= 4 is 0 Å². The molecule has 0 radical (unpaired) electrons. The zero-order valence-corrected chi connectivity index (χ0v) is 11.4. The monoisotopic (exact) mass is 253 g/mol. The van der Waals surface area contributed by atoms with Crippen molar-refractivity contribution < 1.29 is 9.13 Å². The third kappa shape index (κ3) is 5.61. The van der Waals surface area contributed by atoms with Crippen LogP contribution in [0.5, 0.6) is 0 Å². The van der Waals surface area contributed by atoms with Crippen LogP contribution in [-0.4, -0.2) is 19.7 Å². The zero-order chi connectivity index (χ0) is 13.2. The molecule has 0 aliphatic rings. The molecular formula is C15H24FNO. The quantitative estimate of drug-likeness (QED) is 0.678. The van der Waals surface area contributed by atoms with E-state index in [1.54, 1.807) is 12.1 Å². The van der Waals surface area contributed by atoms with Gasteiger partial charge in [-0.3, -0.25) is 0 Å². The van der Waals surface area contributed by atoms with E-state index in [4.69, 9.17) is 4.74 Å². The summed E-state index contributed by atoms with van der Waals surface area (Å²) in [5, 5.41) is 3.28. The second-order valence-electron chi connectivity index (χ2n) is 4.43. The number of nitrogens with one attached hydrogen (secondary N) is 1. The van der Waals surface area contributed by atoms with E-state index in [-0.39, 0.29) is 11.9 Å². The van der Waals surface area contributed by atoms with Gasteiger partial charge < -0.3 is 10.1 Å². The van der Waals surface area contributed by atoms with Crippen LogP contribution < -0.4 is 5.32 Å². The minimum Gasteiger partial charge on any atom is -0.372 e. The first-order valence-corrected chi connectivity index (χ1v) is 6.85. The maximum atomic E-state index is 12.9. The molecule has 1 aromatic carbocycles. The second kappa shape index (κ2) is 9.06. The molecule has 2 nitrogen and oxygen atoms in total. The van der Waals surface area contributed by atoms with Gasteiger partial charge in [0.15, 0.2) is 0 Å². The molecule has 0 saturated carbocycles. The highest BCUT2D eigenvalue weighted by molar-refractivity contribution is 5.19. The van der Waals surface area contributed by atoms with Gasteiger partial charge in [-0.1, -0.05) is 38.8 Å². The molecule has 18 heavy (non-hydrogen) atoms. The highest BCUT2D eigenvalue weighted by Gasteiger charge is 2.11. The lowest BCUT2D eigenvalue weighted by Crippen LogP contribution is -2.23. The predicted octanol–water partition coefficient (Wildman–Crippen LogP) is 3.68. The fraction of sp³-hybridized carbons (Fsp3) is 0.600. The van der Waals surface area contributed by atoms with Gasteiger partial charge >= 0.3 is 0 Å². The van der Waals surface area contributed by atoms with Crippen LogP contribution in [0, 0.1) is 5.82 Å². The molecular weight excluding hydrogens is 229 g/mol. The highest BCUT2D eigenvalue weighted by atomic mass is 19.1. The Kier molecular flexibility index (Phi) is 7.62. The number of rotatable bonds is 9. The third-order valence-corrected chi connectivity index (χ3v) is 2.89. The molecule has 1 unspecified atom stereocenters. The third-order valence-electron chi connectivity index (χ3n) is 2.89. The van der Waals surface area contributed by atoms with Crippen molar-refractivity contribution in [1.82, 2.24) is 5.32 Å². The Bertz CT molecular complexity index is 313. The summed E-state index contributed by atoms with van der Waals surface area (Å²) >= 11 is 0. The van der Waals surface area contributed by atoms with Crippen LogP contribution in [0.25, 0.3) is 0 Å². The van der Waals surface area contributed by atoms with E-state index < -0.39 is 0 Å². The average molecular weight is 253 g/mol. The molecule has 1 atom stereocenters. The predicted molar refractivity (Wildman–Crippen MR) is 73.2 cm³/mol. The SMILES string of the molecule is CCCCCOC(CNCC)c1ccc(F)cc1. The lowest BCUT2D eigenvalue weighted by Gasteiger charge is -2.18. The molecule has 0 aliphatic heterocycles. The van der Waals surface area contributed by atoms with E-state index >= 15 is 0 Å². The summed E-state index contributed by atoms with van der Waals surface area (Å²) in [5.41, 5.74) is 1.04. The Morgan fingerprint density at radius 1 is 1.17 bits per heavy atom. The molecule has 0 aliphatic carbocycles. The second-order valence-corrected chi connectivity index (χ2v) is 4.43. The van der Waals surface area contributed by atoms with Crippen molar-refractivity contribution in [1.29, 1.82) is 0 Å². The van der Waals surface area contributed by atoms with Gasteiger partial charge in [-0.25, -0.2) is 4.39 Å². The molecule has 0 spiro atoms. The topological polar surface area (TPSA) is 21.3 Å². The smallest absolute Gasteiger partial charge is 0.123 e. The van der Waals surface area contributed by atoms with Crippen LogP contribution in [0.2, 0.25) is 0 Å². The van der Waals surface area contributed by atoms with E-state index in [0.717, 1.165) is 31.7 Å². The molecule has 0 heterocycles. The van der Waals surface area contributed by atoms with Gasteiger partial charge in [-0.05, 0) is 30.7 Å². The number of likely N-dealkylation sites (N-methyl/N-ethyl adjacent to an activating group) is 1. The molecule has 1 rings (SSSR count). The number of benzene rings is 1. The van der Waals surface area contributed by atoms with Gasteiger partial charge in [0.1, 0.15) is 5.82 Å². The number of hydrogen-bond donors (Lipinski definition) is 1. The summed E-state index contributed by atoms with van der Waals surface area (Å²) in [5.74, 6) is -0.202. The van der Waals surface area contributed by atoms with Crippen LogP contribution in [0.4, 0.5) is 4.39 Å². The summed E-state index contributed by atoms with van der Waals surface area (Å²) < 4.78 is 18.8. The van der Waals surface area contributed by atoms with Crippen LogP contribution >= 0.6 is 0 Å². The fourth-order valence-electron chi connectivity index (χ4n) is 1.80. The van der Waals surface area contributed by atoms with E-state index in [1.807, 2.05) is 0 Å². The normalized spacial score (nSPS) is 12.6. The van der Waals surface area contributed by atoms with Crippen LogP contribution in [0.15, 0.2) is 24.3 Å². The van der Waals surface area contributed by atoms with E-state index in [9.17, 15) is 4.39 Å². The summed E-state index contributed by atoms with van der Waals surface area (Å²) in [6, 6.07) is 6.59. The summed E-state index contributed by atoms with van der Waals surface area (Å²) in [6.45, 7) is 6.69. The Labute approximate surface area is 110 Å². The van der Waals surface area contributed by atoms with E-state index in [1.165, 1.54) is 25.0 Å². The molecule has 102 valence electrons. The molecule has 3 heteroatoms. The minimum absolute atomic E-state index is 0.0161. The van der Waals surface area contributed by atoms with E-state index in [2.05, 4.69) is 19.2 Å². The Morgan fingerprint density at radius 3 is 2.50 bits per heavy atom. The lowest BCUT2D eigenvalue weighted by atomic mass is 10.1. The fourth-order valence-corrected chi connectivity index (χ4v) is 1.80. The average Bonchev–Trinajstić information content (AvgIpc) is 2.39. The molecule has 0 saturated heterocycles. The van der Waals surface area contributed by atoms with Crippen LogP contribution in [0.3, 0.4) is 0 Å². The van der Waals surface area contributed by atoms with Crippen molar-refractivity contribution in [2.24, 2.45) is 0 Å². The standard InChI is InChI=1S/C15H24FNO/c1-3-5-6-11-18-15(12-17-4-2)13-7-9-14(16)10-8-13/h7-10,15,17H,3-6,11-12H2,1-2H3. The zero-order valence-electron chi connectivity index (χ0n) is 11.4. The van der Waals surface area contributed by atoms with Crippen molar-refractivity contribution in [3.63, 3.8) is 0 Å². The molecule has 1 N–H and O–H groups in total. The lowest BCUT2D eigenvalue weighted by molar-refractivity contribution is 0.0503. The molecule has 0 amide bonds. The first-order chi connectivity index (χ1) is 8.77. The van der Waals surface area contributed by atoms with Gasteiger partial charge in [0.05, 0.1) is 6.10 Å². The van der Waals surface area contributed by atoms with E-state index in [0.29, 0.717) is 0 Å². The summed E-state index contributed by atoms with van der Waals surface area (Å²) in [7, 11) is 0. The van der Waals surface area contributed by atoms with Gasteiger partial charge in [-0.15, -0.1) is 0 Å². The first kappa shape index (κ1) is 15.1. The Balaban J connectivity index is 2.51. The minimum atomic E-state index is -0.202. The van der Waals surface area contributed by atoms with Crippen LogP contribution in [0.1, 0.15) is 44.8 Å². The van der Waals surface area contributed by atoms with Gasteiger partial charge in [0.25, 0.3) is 0 Å². The molecule has 0 fully saturated rings. The van der Waals surface area contributed by atoms with Crippen molar-refractivity contribution in [3.05, 3.63) is 35.6 Å². The van der Waals surface area contributed by atoms with Crippen molar-refractivity contribution in [3.8, 4) is 0 Å². The molecule has 0 bridgehead atoms. The van der Waals surface area contributed by atoms with Gasteiger partial charge in [-0.2, -0.15) is 0 Å². The molecule has 1 aromatic rings. The van der Waals surface area contributed by atoms with Crippen LogP contribution in [-0.2, 0) is 4.74 Å². The Hall–Kier alpha value is -0.930. The van der Waals surface area contributed by atoms with Crippen molar-refractivity contribution in [2.45, 2.75) is 39.2 Å². The number of ether oxygens (including phenoxy) is 1. The van der Waals surface area contributed by atoms with Crippen molar-refractivity contribution in [2.75, 3.05) is 19.7 Å². The summed E-state index contributed by atoms with van der Waals surface area (Å²) in [4.78, 5) is 0. The van der Waals surface area contributed by atoms with Gasteiger partial charge in [0.2, 0.25) is 0 Å². The maximum absolute atomic E-state index is 12.9. The number of unbranched alkanes of at least 4 members (excludes halogenated alkanes) is 2. The van der Waals surface area contributed by atoms with Gasteiger partial charge in [0, 0.05) is 13.2 Å². The molecule has 0 aromatic heterocycles. The maximum Gasteiger partial charge on any atom is 0.123 e.